The third kappa shape index (κ3) is 3.07. The second-order valence-corrected chi connectivity index (χ2v) is 4.19. The number of rotatable bonds is 2. The van der Waals surface area contributed by atoms with Crippen LogP contribution in [0, 0.1) is 25.2 Å². The van der Waals surface area contributed by atoms with Gasteiger partial charge in [-0.3, -0.25) is 4.79 Å². The number of nitrogens with one attached hydrogen (secondary N) is 1. The molecule has 3 nitrogen and oxygen atoms in total. The zero-order chi connectivity index (χ0) is 11.4. The van der Waals surface area contributed by atoms with Gasteiger partial charge in [-0.05, 0) is 37.1 Å². The van der Waals surface area contributed by atoms with Gasteiger partial charge < -0.3 is 5.32 Å². The standard InChI is InChI=1S/C11H11BrN2O/c1-7-5-9(12)6-10(8(7)2)14-11(15)3-4-13/h5-6H,3H2,1-2H3,(H,14,15). The van der Waals surface area contributed by atoms with Crippen molar-refractivity contribution >= 4 is 27.5 Å². The van der Waals surface area contributed by atoms with Crippen LogP contribution in [0.4, 0.5) is 5.69 Å². The quantitative estimate of drug-likeness (QED) is 0.895. The highest BCUT2D eigenvalue weighted by Gasteiger charge is 2.06. The van der Waals surface area contributed by atoms with Crippen molar-refractivity contribution in [1.29, 1.82) is 5.26 Å². The van der Waals surface area contributed by atoms with Gasteiger partial charge in [0.1, 0.15) is 6.42 Å². The summed E-state index contributed by atoms with van der Waals surface area (Å²) in [6, 6.07) is 5.63. The first-order valence-electron chi connectivity index (χ1n) is 4.48. The van der Waals surface area contributed by atoms with Crippen LogP contribution in [-0.4, -0.2) is 5.91 Å². The number of anilines is 1. The Kier molecular flexibility index (Phi) is 3.87. The van der Waals surface area contributed by atoms with Crippen LogP contribution in [0.25, 0.3) is 0 Å². The van der Waals surface area contributed by atoms with Crippen LogP contribution in [-0.2, 0) is 4.79 Å². The number of amides is 1. The molecule has 1 amide bonds. The van der Waals surface area contributed by atoms with Gasteiger partial charge in [-0.1, -0.05) is 15.9 Å². The fourth-order valence-corrected chi connectivity index (χ4v) is 1.78. The maximum absolute atomic E-state index is 11.2. The smallest absolute Gasteiger partial charge is 0.238 e. The SMILES string of the molecule is Cc1cc(Br)cc(NC(=O)CC#N)c1C. The second kappa shape index (κ2) is 4.94. The van der Waals surface area contributed by atoms with Crippen molar-refractivity contribution in [2.75, 3.05) is 5.32 Å². The van der Waals surface area contributed by atoms with Crippen LogP contribution >= 0.6 is 15.9 Å². The molecule has 1 aromatic rings. The van der Waals surface area contributed by atoms with Crippen molar-refractivity contribution in [2.24, 2.45) is 0 Å². The molecule has 4 heteroatoms. The van der Waals surface area contributed by atoms with Crippen LogP contribution in [0.1, 0.15) is 17.5 Å². The van der Waals surface area contributed by atoms with E-state index in [4.69, 9.17) is 5.26 Å². The first-order valence-corrected chi connectivity index (χ1v) is 5.27. The molecule has 78 valence electrons. The van der Waals surface area contributed by atoms with Gasteiger partial charge in [0.15, 0.2) is 0 Å². The third-order valence-electron chi connectivity index (χ3n) is 2.15. The van der Waals surface area contributed by atoms with Crippen molar-refractivity contribution in [3.8, 4) is 6.07 Å². The van der Waals surface area contributed by atoms with Crippen LogP contribution in [0.3, 0.4) is 0 Å². The molecule has 0 saturated heterocycles. The molecule has 0 fully saturated rings. The highest BCUT2D eigenvalue weighted by molar-refractivity contribution is 9.10. The van der Waals surface area contributed by atoms with E-state index in [-0.39, 0.29) is 12.3 Å². The molecule has 1 N–H and O–H groups in total. The molecule has 0 spiro atoms. The Morgan fingerprint density at radius 1 is 1.53 bits per heavy atom. The van der Waals surface area contributed by atoms with Gasteiger partial charge in [-0.25, -0.2) is 0 Å². The summed E-state index contributed by atoms with van der Waals surface area (Å²) in [6.07, 6.45) is -0.120. The van der Waals surface area contributed by atoms with Gasteiger partial charge in [0.05, 0.1) is 6.07 Å². The summed E-state index contributed by atoms with van der Waals surface area (Å²) in [6.45, 7) is 3.91. The van der Waals surface area contributed by atoms with Crippen LogP contribution in [0.5, 0.6) is 0 Å². The molecular formula is C11H11BrN2O. The first-order chi connectivity index (χ1) is 7.04. The van der Waals surface area contributed by atoms with E-state index in [1.807, 2.05) is 32.0 Å². The minimum atomic E-state index is -0.280. The molecule has 15 heavy (non-hydrogen) atoms. The molecule has 0 saturated carbocycles. The summed E-state index contributed by atoms with van der Waals surface area (Å²) in [4.78, 5) is 11.2. The van der Waals surface area contributed by atoms with Gasteiger partial charge in [-0.2, -0.15) is 5.26 Å². The molecule has 0 aliphatic heterocycles. The lowest BCUT2D eigenvalue weighted by Gasteiger charge is -2.10. The Labute approximate surface area is 97.2 Å². The Morgan fingerprint density at radius 2 is 2.20 bits per heavy atom. The lowest BCUT2D eigenvalue weighted by atomic mass is 10.1. The van der Waals surface area contributed by atoms with E-state index >= 15 is 0 Å². The molecule has 0 aliphatic carbocycles. The number of carbonyl (C=O) groups is 1. The van der Waals surface area contributed by atoms with Gasteiger partial charge in [0.2, 0.25) is 5.91 Å². The van der Waals surface area contributed by atoms with Crippen molar-refractivity contribution in [3.63, 3.8) is 0 Å². The number of halogens is 1. The molecular weight excluding hydrogens is 256 g/mol. The van der Waals surface area contributed by atoms with E-state index in [1.54, 1.807) is 0 Å². The molecule has 0 radical (unpaired) electrons. The lowest BCUT2D eigenvalue weighted by Crippen LogP contribution is -2.11. The minimum Gasteiger partial charge on any atom is -0.325 e. The summed E-state index contributed by atoms with van der Waals surface area (Å²) < 4.78 is 0.915. The van der Waals surface area contributed by atoms with E-state index in [0.717, 1.165) is 21.3 Å². The van der Waals surface area contributed by atoms with Crippen LogP contribution in [0.2, 0.25) is 0 Å². The molecule has 0 atom stereocenters. The number of nitrogens with zero attached hydrogens (tertiary/aromatic N) is 1. The van der Waals surface area contributed by atoms with Crippen LogP contribution in [0.15, 0.2) is 16.6 Å². The van der Waals surface area contributed by atoms with Crippen molar-refractivity contribution in [1.82, 2.24) is 0 Å². The molecule has 0 aliphatic rings. The maximum atomic E-state index is 11.2. The number of hydrogen-bond acceptors (Lipinski definition) is 2. The third-order valence-corrected chi connectivity index (χ3v) is 2.60. The van der Waals surface area contributed by atoms with E-state index < -0.39 is 0 Å². The number of hydrogen-bond donors (Lipinski definition) is 1. The number of aryl methyl sites for hydroxylation is 1. The van der Waals surface area contributed by atoms with Gasteiger partial charge >= 0.3 is 0 Å². The van der Waals surface area contributed by atoms with Crippen molar-refractivity contribution < 1.29 is 4.79 Å². The average Bonchev–Trinajstić information content (AvgIpc) is 2.13. The van der Waals surface area contributed by atoms with Crippen molar-refractivity contribution in [2.45, 2.75) is 20.3 Å². The molecule has 0 heterocycles. The van der Waals surface area contributed by atoms with Gasteiger partial charge in [-0.15, -0.1) is 0 Å². The van der Waals surface area contributed by atoms with Gasteiger partial charge in [0, 0.05) is 10.2 Å². The molecule has 0 aromatic heterocycles. The fourth-order valence-electron chi connectivity index (χ4n) is 1.21. The monoisotopic (exact) mass is 266 g/mol. The Morgan fingerprint density at radius 3 is 2.80 bits per heavy atom. The first kappa shape index (κ1) is 11.7. The Hall–Kier alpha value is -1.34. The minimum absolute atomic E-state index is 0.120. The molecule has 1 rings (SSSR count). The van der Waals surface area contributed by atoms with Crippen molar-refractivity contribution in [3.05, 3.63) is 27.7 Å². The summed E-state index contributed by atoms with van der Waals surface area (Å²) in [5.74, 6) is -0.280. The topological polar surface area (TPSA) is 52.9 Å². The summed E-state index contributed by atoms with van der Waals surface area (Å²) in [5.41, 5.74) is 2.86. The molecule has 0 bridgehead atoms. The fraction of sp³-hybridized carbons (Fsp3) is 0.273. The summed E-state index contributed by atoms with van der Waals surface area (Å²) in [5, 5.41) is 11.1. The highest BCUT2D eigenvalue weighted by Crippen LogP contribution is 2.24. The lowest BCUT2D eigenvalue weighted by molar-refractivity contribution is -0.115. The zero-order valence-corrected chi connectivity index (χ0v) is 10.2. The van der Waals surface area contributed by atoms with E-state index in [2.05, 4.69) is 21.2 Å². The van der Waals surface area contributed by atoms with E-state index in [0.29, 0.717) is 0 Å². The number of carbonyl (C=O) groups excluding carboxylic acids is 1. The van der Waals surface area contributed by atoms with Gasteiger partial charge in [0.25, 0.3) is 0 Å². The van der Waals surface area contributed by atoms with E-state index in [9.17, 15) is 4.79 Å². The molecule has 0 unspecified atom stereocenters. The molecule has 1 aromatic carbocycles. The van der Waals surface area contributed by atoms with Crippen LogP contribution < -0.4 is 5.32 Å². The zero-order valence-electron chi connectivity index (χ0n) is 8.60. The normalized spacial score (nSPS) is 9.47. The van der Waals surface area contributed by atoms with E-state index in [1.165, 1.54) is 0 Å². The largest absolute Gasteiger partial charge is 0.325 e. The highest BCUT2D eigenvalue weighted by atomic mass is 79.9. The Bertz CT molecular complexity index is 435. The summed E-state index contributed by atoms with van der Waals surface area (Å²) in [7, 11) is 0. The summed E-state index contributed by atoms with van der Waals surface area (Å²) >= 11 is 3.36. The number of nitriles is 1. The number of benzene rings is 1. The average molecular weight is 267 g/mol. The predicted molar refractivity (Wildman–Crippen MR) is 62.5 cm³/mol. The second-order valence-electron chi connectivity index (χ2n) is 3.28. The Balaban J connectivity index is 2.95. The maximum Gasteiger partial charge on any atom is 0.238 e. The predicted octanol–water partition coefficient (Wildman–Crippen LogP) is 2.92.